The van der Waals surface area contributed by atoms with Crippen LogP contribution in [0.4, 0.5) is 29.5 Å². The van der Waals surface area contributed by atoms with Gasteiger partial charge < -0.3 is 14.5 Å². The Bertz CT molecular complexity index is 1310. The van der Waals surface area contributed by atoms with Crippen molar-refractivity contribution in [3.05, 3.63) is 76.9 Å². The van der Waals surface area contributed by atoms with Crippen molar-refractivity contribution in [3.8, 4) is 5.88 Å². The zero-order valence-corrected chi connectivity index (χ0v) is 19.8. The Hall–Kier alpha value is -4.15. The van der Waals surface area contributed by atoms with Gasteiger partial charge in [-0.05, 0) is 60.7 Å². The SMILES string of the molecule is O=C(Nc1ccc2c(c1)CCC2)Oc1ccc(N2CCN(C(=O)c3ccccc3C(F)(F)F)CC2)nn1. The molecule has 0 saturated carbocycles. The number of piperazine rings is 1. The number of hydrogen-bond donors (Lipinski definition) is 1. The maximum atomic E-state index is 13.3. The number of nitrogens with zero attached hydrogens (tertiary/aromatic N) is 4. The summed E-state index contributed by atoms with van der Waals surface area (Å²) in [6.07, 6.45) is -2.12. The van der Waals surface area contributed by atoms with Crippen LogP contribution in [-0.2, 0) is 19.0 Å². The lowest BCUT2D eigenvalue weighted by molar-refractivity contribution is -0.138. The molecule has 37 heavy (non-hydrogen) atoms. The third kappa shape index (κ3) is 5.50. The van der Waals surface area contributed by atoms with E-state index in [1.165, 1.54) is 40.3 Å². The van der Waals surface area contributed by atoms with E-state index < -0.39 is 23.7 Å². The first-order valence-corrected chi connectivity index (χ1v) is 11.9. The molecular weight excluding hydrogens is 487 g/mol. The minimum absolute atomic E-state index is 0.0278. The van der Waals surface area contributed by atoms with Gasteiger partial charge in [-0.2, -0.15) is 13.2 Å². The molecule has 3 aromatic rings. The minimum Gasteiger partial charge on any atom is -0.389 e. The van der Waals surface area contributed by atoms with Crippen molar-refractivity contribution >= 4 is 23.5 Å². The summed E-state index contributed by atoms with van der Waals surface area (Å²) in [4.78, 5) is 28.3. The molecule has 192 valence electrons. The van der Waals surface area contributed by atoms with Crippen molar-refractivity contribution < 1.29 is 27.5 Å². The van der Waals surface area contributed by atoms with Gasteiger partial charge in [-0.15, -0.1) is 10.2 Å². The molecule has 1 saturated heterocycles. The van der Waals surface area contributed by atoms with Crippen LogP contribution in [0.15, 0.2) is 54.6 Å². The minimum atomic E-state index is -4.61. The van der Waals surface area contributed by atoms with Gasteiger partial charge in [0.2, 0.25) is 5.88 Å². The van der Waals surface area contributed by atoms with Gasteiger partial charge in [0.25, 0.3) is 5.91 Å². The summed E-state index contributed by atoms with van der Waals surface area (Å²) < 4.78 is 45.1. The van der Waals surface area contributed by atoms with E-state index in [4.69, 9.17) is 4.74 Å². The van der Waals surface area contributed by atoms with E-state index in [1.807, 2.05) is 23.1 Å². The zero-order chi connectivity index (χ0) is 26.0. The molecule has 0 spiro atoms. The molecule has 0 atom stereocenters. The van der Waals surface area contributed by atoms with Gasteiger partial charge in [0.15, 0.2) is 5.82 Å². The third-order valence-corrected chi connectivity index (χ3v) is 6.52. The molecule has 2 aromatic carbocycles. The number of fused-ring (bicyclic) bond motifs is 1. The van der Waals surface area contributed by atoms with Crippen LogP contribution < -0.4 is 15.0 Å². The van der Waals surface area contributed by atoms with Crippen molar-refractivity contribution in [2.75, 3.05) is 36.4 Å². The van der Waals surface area contributed by atoms with Crippen LogP contribution in [0.3, 0.4) is 0 Å². The first kappa shape index (κ1) is 24.5. The van der Waals surface area contributed by atoms with Gasteiger partial charge in [-0.25, -0.2) is 4.79 Å². The maximum Gasteiger partial charge on any atom is 0.418 e. The number of aryl methyl sites for hydroxylation is 2. The molecule has 1 aromatic heterocycles. The van der Waals surface area contributed by atoms with Crippen molar-refractivity contribution in [1.82, 2.24) is 15.1 Å². The number of aromatic nitrogens is 2. The molecule has 11 heteroatoms. The normalized spacial score (nSPS) is 15.3. The highest BCUT2D eigenvalue weighted by atomic mass is 19.4. The summed E-state index contributed by atoms with van der Waals surface area (Å²) in [7, 11) is 0. The van der Waals surface area contributed by atoms with E-state index in [9.17, 15) is 22.8 Å². The number of alkyl halides is 3. The van der Waals surface area contributed by atoms with E-state index in [2.05, 4.69) is 15.5 Å². The average Bonchev–Trinajstić information content (AvgIpc) is 3.36. The summed E-state index contributed by atoms with van der Waals surface area (Å²) >= 11 is 0. The lowest BCUT2D eigenvalue weighted by Gasteiger charge is -2.35. The summed E-state index contributed by atoms with van der Waals surface area (Å²) in [5.41, 5.74) is 1.89. The summed E-state index contributed by atoms with van der Waals surface area (Å²) in [6.45, 7) is 1.20. The van der Waals surface area contributed by atoms with Crippen molar-refractivity contribution in [2.45, 2.75) is 25.4 Å². The number of nitrogens with one attached hydrogen (secondary N) is 1. The molecule has 1 aliphatic heterocycles. The van der Waals surface area contributed by atoms with Gasteiger partial charge in [0, 0.05) is 37.9 Å². The Morgan fingerprint density at radius 1 is 0.892 bits per heavy atom. The van der Waals surface area contributed by atoms with E-state index >= 15 is 0 Å². The fourth-order valence-electron chi connectivity index (χ4n) is 4.65. The molecule has 1 aliphatic carbocycles. The monoisotopic (exact) mass is 511 g/mol. The third-order valence-electron chi connectivity index (χ3n) is 6.52. The Labute approximate surface area is 211 Å². The molecule has 2 aliphatic rings. The van der Waals surface area contributed by atoms with Crippen LogP contribution >= 0.6 is 0 Å². The second-order valence-electron chi connectivity index (χ2n) is 8.90. The van der Waals surface area contributed by atoms with Crippen LogP contribution in [-0.4, -0.2) is 53.3 Å². The molecular formula is C26H24F3N5O3. The molecule has 5 rings (SSSR count). The Balaban J connectivity index is 1.15. The number of carbonyl (C=O) groups is 2. The highest BCUT2D eigenvalue weighted by Crippen LogP contribution is 2.32. The van der Waals surface area contributed by atoms with E-state index in [0.29, 0.717) is 24.6 Å². The second-order valence-corrected chi connectivity index (χ2v) is 8.90. The number of benzene rings is 2. The summed E-state index contributed by atoms with van der Waals surface area (Å²) in [5.74, 6) is -0.119. The Kier molecular flexibility index (Phi) is 6.68. The molecule has 1 fully saturated rings. The van der Waals surface area contributed by atoms with E-state index in [1.54, 1.807) is 6.07 Å². The highest BCUT2D eigenvalue weighted by Gasteiger charge is 2.36. The van der Waals surface area contributed by atoms with Crippen LogP contribution in [0.2, 0.25) is 0 Å². The van der Waals surface area contributed by atoms with Crippen LogP contribution in [0.1, 0.15) is 33.5 Å². The molecule has 0 bridgehead atoms. The predicted molar refractivity (Wildman–Crippen MR) is 130 cm³/mol. The van der Waals surface area contributed by atoms with Crippen molar-refractivity contribution in [2.24, 2.45) is 0 Å². The Morgan fingerprint density at radius 3 is 2.38 bits per heavy atom. The van der Waals surface area contributed by atoms with Gasteiger partial charge in [0.1, 0.15) is 0 Å². The topological polar surface area (TPSA) is 87.7 Å². The number of rotatable bonds is 4. The van der Waals surface area contributed by atoms with Crippen molar-refractivity contribution in [3.63, 3.8) is 0 Å². The van der Waals surface area contributed by atoms with Gasteiger partial charge >= 0.3 is 12.3 Å². The molecule has 8 nitrogen and oxygen atoms in total. The summed E-state index contributed by atoms with van der Waals surface area (Å²) in [5, 5.41) is 10.7. The van der Waals surface area contributed by atoms with Gasteiger partial charge in [0.05, 0.1) is 11.1 Å². The fraction of sp³-hybridized carbons (Fsp3) is 0.308. The molecule has 2 amide bonds. The predicted octanol–water partition coefficient (Wildman–Crippen LogP) is 4.56. The number of halogens is 3. The quantitative estimate of drug-likeness (QED) is 0.553. The zero-order valence-electron chi connectivity index (χ0n) is 19.8. The first-order chi connectivity index (χ1) is 17.8. The number of ether oxygens (including phenoxy) is 1. The highest BCUT2D eigenvalue weighted by molar-refractivity contribution is 5.96. The lowest BCUT2D eigenvalue weighted by atomic mass is 10.1. The van der Waals surface area contributed by atoms with E-state index in [0.717, 1.165) is 25.3 Å². The second kappa shape index (κ2) is 10.1. The van der Waals surface area contributed by atoms with Crippen LogP contribution in [0.25, 0.3) is 0 Å². The number of hydrogen-bond acceptors (Lipinski definition) is 6. The molecule has 1 N–H and O–H groups in total. The number of anilines is 2. The Morgan fingerprint density at radius 2 is 1.65 bits per heavy atom. The lowest BCUT2D eigenvalue weighted by Crippen LogP contribution is -2.49. The first-order valence-electron chi connectivity index (χ1n) is 11.9. The molecule has 2 heterocycles. The fourth-order valence-corrected chi connectivity index (χ4v) is 4.65. The number of carbonyl (C=O) groups excluding carboxylic acids is 2. The van der Waals surface area contributed by atoms with Gasteiger partial charge in [-0.1, -0.05) is 18.2 Å². The average molecular weight is 512 g/mol. The van der Waals surface area contributed by atoms with Crippen LogP contribution in [0.5, 0.6) is 5.88 Å². The largest absolute Gasteiger partial charge is 0.418 e. The smallest absolute Gasteiger partial charge is 0.389 e. The van der Waals surface area contributed by atoms with Crippen molar-refractivity contribution in [1.29, 1.82) is 0 Å². The standard InChI is InChI=1S/C26H24F3N5O3/c27-26(28,29)21-7-2-1-6-20(21)24(35)34-14-12-33(13-15-34)22-10-11-23(32-31-22)37-25(36)30-19-9-8-17-4-3-5-18(17)16-19/h1-2,6-11,16H,3-5,12-15H2,(H,30,36). The maximum absolute atomic E-state index is 13.3. The van der Waals surface area contributed by atoms with E-state index in [-0.39, 0.29) is 24.5 Å². The van der Waals surface area contributed by atoms with Gasteiger partial charge in [-0.3, -0.25) is 10.1 Å². The molecule has 0 radical (unpaired) electrons. The summed E-state index contributed by atoms with van der Waals surface area (Å²) in [6, 6.07) is 13.7. The molecule has 0 unspecified atom stereocenters. The van der Waals surface area contributed by atoms with Crippen LogP contribution in [0, 0.1) is 0 Å². The number of amides is 2.